The van der Waals surface area contributed by atoms with Gasteiger partial charge in [0.15, 0.2) is 0 Å². The number of para-hydroxylation sites is 1. The predicted molar refractivity (Wildman–Crippen MR) is 240 cm³/mol. The summed E-state index contributed by atoms with van der Waals surface area (Å²) in [6.07, 6.45) is 9.63. The molecule has 2 atom stereocenters. The van der Waals surface area contributed by atoms with Crippen LogP contribution < -0.4 is 15.5 Å². The lowest BCUT2D eigenvalue weighted by atomic mass is 10.0. The van der Waals surface area contributed by atoms with E-state index in [0.29, 0.717) is 97.0 Å². The average molecular weight is 868 g/mol. The Hall–Kier alpha value is -3.40. The van der Waals surface area contributed by atoms with Crippen LogP contribution in [0.1, 0.15) is 107 Å². The minimum Gasteiger partial charge on any atom is -0.481 e. The van der Waals surface area contributed by atoms with Crippen molar-refractivity contribution in [1.82, 2.24) is 10.6 Å². The second kappa shape index (κ2) is 26.2. The normalized spacial score (nSPS) is 18.1. The van der Waals surface area contributed by atoms with E-state index >= 15 is 0 Å². The molecule has 1 fully saturated rings. The molecule has 0 saturated carbocycles. The number of carbonyl (C=O) groups is 4. The summed E-state index contributed by atoms with van der Waals surface area (Å²) in [6, 6.07) is 16.7. The van der Waals surface area contributed by atoms with Gasteiger partial charge >= 0.3 is 5.97 Å². The third-order valence-corrected chi connectivity index (χ3v) is 14.3. The monoisotopic (exact) mass is 867 g/mol. The number of nitrogens with zero attached hydrogens (tertiary/aromatic N) is 1. The van der Waals surface area contributed by atoms with E-state index in [1.165, 1.54) is 27.8 Å². The Bertz CT molecular complexity index is 1730. The number of carboxylic acid groups (broad SMARTS) is 1. The molecule has 2 aromatic rings. The van der Waals surface area contributed by atoms with Crippen LogP contribution in [0.4, 0.5) is 5.69 Å². The summed E-state index contributed by atoms with van der Waals surface area (Å²) in [6.45, 7) is 7.12. The standard InChI is InChI=1S/C46H65N3O9S2/c1-46(21-18-45(53)54)59-32-20-36(60-46)12-5-9-16-42(50)48-23-25-56-27-29-58-31-30-57-28-26-55-24-19-43(51)47-22-10-2-3-17-44(52)49-34-35-11-4-6-13-37(35)39-33-40(39)38-14-7-8-15-41(38)49/h4,6-8,11,13-15,36H,2-3,5,9-10,12,16-34H2,1H3,(H,47,51)(H,48,50)(H,53,54). The second-order valence-electron chi connectivity index (χ2n) is 15.6. The Morgan fingerprint density at radius 3 is 2.12 bits per heavy atom. The van der Waals surface area contributed by atoms with E-state index < -0.39 is 5.97 Å². The highest BCUT2D eigenvalue weighted by atomic mass is 32.2. The number of aliphatic carboxylic acids is 1. The summed E-state index contributed by atoms with van der Waals surface area (Å²) in [5.74, 6) is 0.458. The largest absolute Gasteiger partial charge is 0.481 e. The molecular weight excluding hydrogens is 803 g/mol. The fourth-order valence-corrected chi connectivity index (χ4v) is 11.1. The number of anilines is 1. The molecule has 0 bridgehead atoms. The molecule has 3 aliphatic rings. The molecule has 12 nitrogen and oxygen atoms in total. The van der Waals surface area contributed by atoms with Crippen LogP contribution in [-0.4, -0.2) is 110 Å². The first-order valence-electron chi connectivity index (χ1n) is 21.8. The Kier molecular flexibility index (Phi) is 20.8. The zero-order chi connectivity index (χ0) is 42.4. The van der Waals surface area contributed by atoms with Gasteiger partial charge < -0.3 is 39.6 Å². The maximum atomic E-state index is 13.5. The summed E-state index contributed by atoms with van der Waals surface area (Å²) >= 11 is 3.79. The van der Waals surface area contributed by atoms with Crippen molar-refractivity contribution in [1.29, 1.82) is 0 Å². The molecule has 330 valence electrons. The molecule has 60 heavy (non-hydrogen) atoms. The van der Waals surface area contributed by atoms with Gasteiger partial charge in [-0.15, -0.1) is 23.5 Å². The van der Waals surface area contributed by atoms with Crippen LogP contribution in [0, 0.1) is 0 Å². The number of unbranched alkanes of at least 4 members (excludes halogenated alkanes) is 3. The lowest BCUT2D eigenvalue weighted by molar-refractivity contribution is -0.137. The van der Waals surface area contributed by atoms with Crippen LogP contribution in [0.5, 0.6) is 0 Å². The number of fused-ring (bicyclic) bond motifs is 4. The van der Waals surface area contributed by atoms with Gasteiger partial charge in [0.1, 0.15) is 0 Å². The van der Waals surface area contributed by atoms with Crippen molar-refractivity contribution in [3.05, 3.63) is 65.2 Å². The van der Waals surface area contributed by atoms with Crippen LogP contribution in [0.2, 0.25) is 0 Å². The topological polar surface area (TPSA) is 153 Å². The van der Waals surface area contributed by atoms with E-state index in [1.54, 1.807) is 0 Å². The molecule has 3 N–H and O–H groups in total. The summed E-state index contributed by atoms with van der Waals surface area (Å²) in [5, 5.41) is 15.4. The molecule has 2 heterocycles. The number of allylic oxidation sites excluding steroid dienone is 2. The van der Waals surface area contributed by atoms with Crippen LogP contribution in [-0.2, 0) is 44.7 Å². The number of rotatable bonds is 29. The van der Waals surface area contributed by atoms with E-state index in [2.05, 4.69) is 47.9 Å². The number of hydrogen-bond acceptors (Lipinski definition) is 10. The molecule has 1 saturated heterocycles. The van der Waals surface area contributed by atoms with E-state index in [4.69, 9.17) is 24.1 Å². The summed E-state index contributed by atoms with van der Waals surface area (Å²) in [7, 11) is 0. The van der Waals surface area contributed by atoms with Gasteiger partial charge in [-0.2, -0.15) is 0 Å². The molecule has 2 aliphatic heterocycles. The van der Waals surface area contributed by atoms with Crippen LogP contribution in [0.15, 0.2) is 48.5 Å². The van der Waals surface area contributed by atoms with E-state index in [1.807, 2.05) is 46.6 Å². The smallest absolute Gasteiger partial charge is 0.303 e. The maximum absolute atomic E-state index is 13.5. The van der Waals surface area contributed by atoms with Crippen LogP contribution >= 0.6 is 23.5 Å². The molecule has 5 rings (SSSR count). The number of carboxylic acids is 1. The first-order chi connectivity index (χ1) is 29.2. The van der Waals surface area contributed by atoms with Gasteiger partial charge in [-0.1, -0.05) is 55.3 Å². The highest BCUT2D eigenvalue weighted by molar-refractivity contribution is 8.19. The summed E-state index contributed by atoms with van der Waals surface area (Å²) in [4.78, 5) is 50.8. The molecule has 0 radical (unpaired) electrons. The van der Waals surface area contributed by atoms with Crippen molar-refractivity contribution in [2.45, 2.75) is 106 Å². The summed E-state index contributed by atoms with van der Waals surface area (Å²) in [5.41, 5.74) is 7.38. The van der Waals surface area contributed by atoms with Gasteiger partial charge in [-0.05, 0) is 86.0 Å². The van der Waals surface area contributed by atoms with Crippen molar-refractivity contribution in [2.24, 2.45) is 0 Å². The van der Waals surface area contributed by atoms with Crippen molar-refractivity contribution in [3.63, 3.8) is 0 Å². The number of nitrogens with one attached hydrogen (secondary N) is 2. The van der Waals surface area contributed by atoms with Gasteiger partial charge in [0.25, 0.3) is 0 Å². The fraction of sp³-hybridized carbons (Fsp3) is 0.609. The van der Waals surface area contributed by atoms with Crippen LogP contribution in [0.3, 0.4) is 0 Å². The SMILES string of the molecule is CC1(CCC(=O)O)SCCC(CCCCC(=O)NCCOCCOCCOCCOCCC(=O)NCCCCCC(=O)N2Cc3ccccc3C3=C(C3)c3ccccc32)S1. The van der Waals surface area contributed by atoms with Crippen molar-refractivity contribution in [2.75, 3.05) is 76.6 Å². The third kappa shape index (κ3) is 16.8. The number of ether oxygens (including phenoxy) is 4. The molecule has 1 aliphatic carbocycles. The van der Waals surface area contributed by atoms with Gasteiger partial charge in [-0.25, -0.2) is 0 Å². The average Bonchev–Trinajstić information content (AvgIpc) is 4.03. The maximum Gasteiger partial charge on any atom is 0.303 e. The highest BCUT2D eigenvalue weighted by Gasteiger charge is 2.34. The Labute approximate surface area is 364 Å². The molecule has 0 aromatic heterocycles. The van der Waals surface area contributed by atoms with E-state index in [-0.39, 0.29) is 34.6 Å². The van der Waals surface area contributed by atoms with E-state index in [9.17, 15) is 19.2 Å². The highest BCUT2D eigenvalue weighted by Crippen LogP contribution is 2.52. The van der Waals surface area contributed by atoms with Crippen LogP contribution in [0.25, 0.3) is 11.1 Å². The van der Waals surface area contributed by atoms with Gasteiger partial charge in [0.05, 0.1) is 69.2 Å². The molecule has 2 aromatic carbocycles. The lowest BCUT2D eigenvalue weighted by Crippen LogP contribution is -2.31. The van der Waals surface area contributed by atoms with Crippen molar-refractivity contribution >= 4 is 64.0 Å². The van der Waals surface area contributed by atoms with Crippen molar-refractivity contribution in [3.8, 4) is 0 Å². The molecule has 3 amide bonds. The minimum atomic E-state index is -0.735. The zero-order valence-corrected chi connectivity index (χ0v) is 37.0. The van der Waals surface area contributed by atoms with E-state index in [0.717, 1.165) is 62.8 Å². The van der Waals surface area contributed by atoms with Gasteiger partial charge in [0, 0.05) is 49.6 Å². The number of carbonyl (C=O) groups excluding carboxylic acids is 3. The Morgan fingerprint density at radius 1 is 0.717 bits per heavy atom. The first-order valence-corrected chi connectivity index (χ1v) is 23.7. The zero-order valence-electron chi connectivity index (χ0n) is 35.4. The Morgan fingerprint density at radius 2 is 1.35 bits per heavy atom. The number of hydrogen-bond donors (Lipinski definition) is 3. The molecule has 2 unspecified atom stereocenters. The first kappa shape index (κ1) is 47.6. The second-order valence-corrected chi connectivity index (χ2v) is 19.3. The van der Waals surface area contributed by atoms with Crippen molar-refractivity contribution < 1.29 is 43.2 Å². The molecule has 0 spiro atoms. The third-order valence-electron chi connectivity index (χ3n) is 10.9. The van der Waals surface area contributed by atoms with Gasteiger partial charge in [0.2, 0.25) is 17.7 Å². The number of amides is 3. The Balaban J connectivity index is 0.763. The fourth-order valence-electron chi connectivity index (χ4n) is 7.53. The minimum absolute atomic E-state index is 0.0255. The molecular formula is C46H65N3O9S2. The molecule has 14 heteroatoms. The predicted octanol–water partition coefficient (Wildman–Crippen LogP) is 7.48. The quantitative estimate of drug-likeness (QED) is 0.0699. The summed E-state index contributed by atoms with van der Waals surface area (Å²) < 4.78 is 22.1. The lowest BCUT2D eigenvalue weighted by Gasteiger charge is -2.37. The number of benzene rings is 2. The van der Waals surface area contributed by atoms with Gasteiger partial charge in [-0.3, -0.25) is 19.2 Å². The number of thioether (sulfide) groups is 2.